The first kappa shape index (κ1) is 10.7. The Morgan fingerprint density at radius 1 is 1.12 bits per heavy atom. The second-order valence-electron chi connectivity index (χ2n) is 4.71. The highest BCUT2D eigenvalue weighted by atomic mass is 19.2. The van der Waals surface area contributed by atoms with Gasteiger partial charge in [-0.05, 0) is 25.0 Å². The van der Waals surface area contributed by atoms with Crippen molar-refractivity contribution < 1.29 is 8.78 Å². The number of fused-ring (bicyclic) bond motifs is 1. The van der Waals surface area contributed by atoms with E-state index in [-0.39, 0.29) is 5.52 Å². The molecule has 0 aliphatic heterocycles. The van der Waals surface area contributed by atoms with Crippen LogP contribution < -0.4 is 0 Å². The fourth-order valence-electron chi connectivity index (χ4n) is 2.61. The van der Waals surface area contributed by atoms with Crippen LogP contribution in [-0.4, -0.2) is 9.97 Å². The Labute approximate surface area is 98.1 Å². The van der Waals surface area contributed by atoms with Gasteiger partial charge < -0.3 is 4.98 Å². The van der Waals surface area contributed by atoms with Crippen molar-refractivity contribution in [3.8, 4) is 0 Å². The molecular formula is C13H14F2N2. The summed E-state index contributed by atoms with van der Waals surface area (Å²) in [7, 11) is 0. The Hall–Kier alpha value is -1.45. The van der Waals surface area contributed by atoms with Crippen molar-refractivity contribution in [1.29, 1.82) is 0 Å². The standard InChI is InChI=1S/C13H14F2N2/c14-9-6-7-10-12(11(9)15)17-13(16-10)8-4-2-1-3-5-8/h6-8H,1-5H2,(H,16,17). The highest BCUT2D eigenvalue weighted by Crippen LogP contribution is 2.32. The lowest BCUT2D eigenvalue weighted by molar-refractivity contribution is 0.431. The zero-order valence-electron chi connectivity index (χ0n) is 9.47. The first-order valence-corrected chi connectivity index (χ1v) is 6.09. The maximum absolute atomic E-state index is 13.5. The highest BCUT2D eigenvalue weighted by Gasteiger charge is 2.20. The van der Waals surface area contributed by atoms with Crippen molar-refractivity contribution in [2.75, 3.05) is 0 Å². The molecule has 0 unspecified atom stereocenters. The lowest BCUT2D eigenvalue weighted by Gasteiger charge is -2.18. The maximum Gasteiger partial charge on any atom is 0.186 e. The van der Waals surface area contributed by atoms with E-state index in [0.717, 1.165) is 24.7 Å². The van der Waals surface area contributed by atoms with Gasteiger partial charge in [-0.3, -0.25) is 0 Å². The molecule has 1 aromatic carbocycles. The molecule has 0 bridgehead atoms. The van der Waals surface area contributed by atoms with Crippen LogP contribution >= 0.6 is 0 Å². The molecule has 1 aliphatic rings. The van der Waals surface area contributed by atoms with E-state index in [4.69, 9.17) is 0 Å². The van der Waals surface area contributed by atoms with Gasteiger partial charge in [0.25, 0.3) is 0 Å². The van der Waals surface area contributed by atoms with Gasteiger partial charge in [0.15, 0.2) is 11.6 Å². The van der Waals surface area contributed by atoms with Gasteiger partial charge in [-0.25, -0.2) is 13.8 Å². The van der Waals surface area contributed by atoms with Crippen LogP contribution in [0.3, 0.4) is 0 Å². The van der Waals surface area contributed by atoms with Crippen LogP contribution in [0.2, 0.25) is 0 Å². The summed E-state index contributed by atoms with van der Waals surface area (Å²) < 4.78 is 26.6. The summed E-state index contributed by atoms with van der Waals surface area (Å²) in [5.74, 6) is -0.497. The van der Waals surface area contributed by atoms with Gasteiger partial charge in [0.2, 0.25) is 0 Å². The van der Waals surface area contributed by atoms with E-state index in [1.54, 1.807) is 6.07 Å². The van der Waals surface area contributed by atoms with E-state index in [1.165, 1.54) is 19.3 Å². The van der Waals surface area contributed by atoms with Gasteiger partial charge in [0.05, 0.1) is 5.52 Å². The normalized spacial score (nSPS) is 17.8. The quantitative estimate of drug-likeness (QED) is 0.799. The summed E-state index contributed by atoms with van der Waals surface area (Å²) in [6.07, 6.45) is 5.82. The number of imidazole rings is 1. The number of hydrogen-bond acceptors (Lipinski definition) is 1. The zero-order valence-corrected chi connectivity index (χ0v) is 9.47. The van der Waals surface area contributed by atoms with Crippen molar-refractivity contribution >= 4 is 11.0 Å². The van der Waals surface area contributed by atoms with Crippen molar-refractivity contribution in [2.24, 2.45) is 0 Å². The van der Waals surface area contributed by atoms with E-state index < -0.39 is 11.6 Å². The molecule has 2 aromatic rings. The van der Waals surface area contributed by atoms with Gasteiger partial charge in [-0.15, -0.1) is 0 Å². The van der Waals surface area contributed by atoms with Crippen molar-refractivity contribution in [2.45, 2.75) is 38.0 Å². The summed E-state index contributed by atoms with van der Waals surface area (Å²) >= 11 is 0. The topological polar surface area (TPSA) is 28.7 Å². The van der Waals surface area contributed by atoms with Gasteiger partial charge in [-0.1, -0.05) is 19.3 Å². The fraction of sp³-hybridized carbons (Fsp3) is 0.462. The Morgan fingerprint density at radius 3 is 2.65 bits per heavy atom. The van der Waals surface area contributed by atoms with Crippen LogP contribution in [0.15, 0.2) is 12.1 Å². The monoisotopic (exact) mass is 236 g/mol. The van der Waals surface area contributed by atoms with Crippen LogP contribution in [0, 0.1) is 11.6 Å². The molecule has 2 nitrogen and oxygen atoms in total. The Balaban J connectivity index is 2.04. The first-order chi connectivity index (χ1) is 8.25. The van der Waals surface area contributed by atoms with Gasteiger partial charge in [-0.2, -0.15) is 0 Å². The van der Waals surface area contributed by atoms with Crippen LogP contribution in [0.4, 0.5) is 8.78 Å². The van der Waals surface area contributed by atoms with E-state index in [2.05, 4.69) is 9.97 Å². The number of hydrogen-bond donors (Lipinski definition) is 1. The molecule has 1 heterocycles. The number of H-pyrrole nitrogens is 1. The second kappa shape index (κ2) is 4.09. The third-order valence-electron chi connectivity index (χ3n) is 3.56. The predicted octanol–water partition coefficient (Wildman–Crippen LogP) is 3.89. The van der Waals surface area contributed by atoms with E-state index >= 15 is 0 Å². The maximum atomic E-state index is 13.5. The second-order valence-corrected chi connectivity index (χ2v) is 4.71. The minimum Gasteiger partial charge on any atom is -0.342 e. The Bertz CT molecular complexity index is 542. The number of halogens is 2. The molecule has 90 valence electrons. The molecule has 1 fully saturated rings. The molecule has 0 amide bonds. The SMILES string of the molecule is Fc1ccc2[nH]c(C3CCCCC3)nc2c1F. The number of rotatable bonds is 1. The smallest absolute Gasteiger partial charge is 0.186 e. The van der Waals surface area contributed by atoms with Gasteiger partial charge in [0.1, 0.15) is 11.3 Å². The predicted molar refractivity (Wildman–Crippen MR) is 61.8 cm³/mol. The van der Waals surface area contributed by atoms with E-state index in [9.17, 15) is 8.78 Å². The minimum absolute atomic E-state index is 0.130. The molecule has 1 aliphatic carbocycles. The minimum atomic E-state index is -0.846. The number of nitrogens with one attached hydrogen (secondary N) is 1. The van der Waals surface area contributed by atoms with Crippen LogP contribution in [0.5, 0.6) is 0 Å². The van der Waals surface area contributed by atoms with Gasteiger partial charge >= 0.3 is 0 Å². The number of aromatic nitrogens is 2. The summed E-state index contributed by atoms with van der Waals surface area (Å²) in [5.41, 5.74) is 0.718. The van der Waals surface area contributed by atoms with Gasteiger partial charge in [0, 0.05) is 5.92 Å². The summed E-state index contributed by atoms with van der Waals surface area (Å²) in [5, 5.41) is 0. The molecule has 0 atom stereocenters. The van der Waals surface area contributed by atoms with E-state index in [1.807, 2.05) is 0 Å². The Kier molecular flexibility index (Phi) is 2.57. The number of benzene rings is 1. The summed E-state index contributed by atoms with van der Waals surface area (Å²) in [6.45, 7) is 0. The first-order valence-electron chi connectivity index (χ1n) is 6.09. The van der Waals surface area contributed by atoms with Crippen LogP contribution in [0.25, 0.3) is 11.0 Å². The van der Waals surface area contributed by atoms with Crippen molar-refractivity contribution in [3.63, 3.8) is 0 Å². The third kappa shape index (κ3) is 1.81. The molecular weight excluding hydrogens is 222 g/mol. The third-order valence-corrected chi connectivity index (χ3v) is 3.56. The number of nitrogens with zero attached hydrogens (tertiary/aromatic N) is 1. The number of aromatic amines is 1. The fourth-order valence-corrected chi connectivity index (χ4v) is 2.61. The van der Waals surface area contributed by atoms with Crippen molar-refractivity contribution in [1.82, 2.24) is 9.97 Å². The van der Waals surface area contributed by atoms with Crippen LogP contribution in [-0.2, 0) is 0 Å². The van der Waals surface area contributed by atoms with E-state index in [0.29, 0.717) is 11.4 Å². The molecule has 0 saturated heterocycles. The zero-order chi connectivity index (χ0) is 11.8. The highest BCUT2D eigenvalue weighted by molar-refractivity contribution is 5.75. The molecule has 1 saturated carbocycles. The van der Waals surface area contributed by atoms with Crippen molar-refractivity contribution in [3.05, 3.63) is 29.6 Å². The molecule has 1 N–H and O–H groups in total. The molecule has 4 heteroatoms. The molecule has 0 spiro atoms. The van der Waals surface area contributed by atoms with Crippen LogP contribution in [0.1, 0.15) is 43.8 Å². The average Bonchev–Trinajstić information content (AvgIpc) is 2.80. The molecule has 3 rings (SSSR count). The molecule has 17 heavy (non-hydrogen) atoms. The molecule has 1 aromatic heterocycles. The average molecular weight is 236 g/mol. The Morgan fingerprint density at radius 2 is 1.88 bits per heavy atom. The summed E-state index contributed by atoms with van der Waals surface area (Å²) in [6, 6.07) is 2.69. The largest absolute Gasteiger partial charge is 0.342 e. The lowest BCUT2D eigenvalue weighted by atomic mass is 9.89. The summed E-state index contributed by atoms with van der Waals surface area (Å²) in [4.78, 5) is 7.34. The lowest BCUT2D eigenvalue weighted by Crippen LogP contribution is -2.05. The molecule has 0 radical (unpaired) electrons.